The van der Waals surface area contributed by atoms with Crippen LogP contribution in [0.5, 0.6) is 0 Å². The van der Waals surface area contributed by atoms with Gasteiger partial charge in [0, 0.05) is 5.54 Å². The molecule has 1 heterocycles. The fourth-order valence-corrected chi connectivity index (χ4v) is 7.43. The predicted molar refractivity (Wildman–Crippen MR) is 107 cm³/mol. The number of nitrogens with one attached hydrogen (secondary N) is 1. The SMILES string of the molecule is C[C@@H](OC(=O)CN1C(=O)[C@H]2CCCC[C@H]2C1=O)C(=O)NC12CC3CC(CC(C3)C1)C2. The van der Waals surface area contributed by atoms with Crippen molar-refractivity contribution in [2.75, 3.05) is 6.54 Å². The molecule has 6 rings (SSSR count). The smallest absolute Gasteiger partial charge is 0.326 e. The Balaban J connectivity index is 1.16. The molecule has 5 saturated carbocycles. The highest BCUT2D eigenvalue weighted by molar-refractivity contribution is 6.07. The van der Waals surface area contributed by atoms with Gasteiger partial charge < -0.3 is 10.1 Å². The zero-order chi connectivity index (χ0) is 21.0. The van der Waals surface area contributed by atoms with E-state index in [4.69, 9.17) is 4.74 Å². The Bertz CT molecular complexity index is 718. The van der Waals surface area contributed by atoms with Crippen LogP contribution in [0.4, 0.5) is 0 Å². The normalized spacial score (nSPS) is 40.3. The van der Waals surface area contributed by atoms with Gasteiger partial charge in [-0.15, -0.1) is 0 Å². The van der Waals surface area contributed by atoms with Crippen molar-refractivity contribution < 1.29 is 23.9 Å². The van der Waals surface area contributed by atoms with Crippen LogP contribution in [0.3, 0.4) is 0 Å². The monoisotopic (exact) mass is 416 g/mol. The van der Waals surface area contributed by atoms with Gasteiger partial charge in [0.1, 0.15) is 6.54 Å². The van der Waals surface area contributed by atoms with Crippen molar-refractivity contribution in [3.8, 4) is 0 Å². The molecule has 0 radical (unpaired) electrons. The molecule has 0 aromatic heterocycles. The van der Waals surface area contributed by atoms with Gasteiger partial charge in [-0.05, 0) is 76.0 Å². The second-order valence-electron chi connectivity index (χ2n) is 10.6. The molecule has 5 aliphatic carbocycles. The molecule has 1 saturated heterocycles. The summed E-state index contributed by atoms with van der Waals surface area (Å²) in [6.07, 6.45) is 9.36. The van der Waals surface area contributed by atoms with Crippen molar-refractivity contribution in [2.24, 2.45) is 29.6 Å². The molecule has 0 aromatic carbocycles. The van der Waals surface area contributed by atoms with E-state index in [1.807, 2.05) is 0 Å². The van der Waals surface area contributed by atoms with E-state index < -0.39 is 12.1 Å². The van der Waals surface area contributed by atoms with Gasteiger partial charge in [0.2, 0.25) is 11.8 Å². The van der Waals surface area contributed by atoms with Crippen molar-refractivity contribution in [3.63, 3.8) is 0 Å². The van der Waals surface area contributed by atoms with Gasteiger partial charge in [-0.1, -0.05) is 12.8 Å². The third-order valence-electron chi connectivity index (χ3n) is 8.32. The number of rotatable bonds is 5. The first kappa shape index (κ1) is 20.0. The van der Waals surface area contributed by atoms with Crippen molar-refractivity contribution in [1.82, 2.24) is 10.2 Å². The van der Waals surface area contributed by atoms with Crippen LogP contribution in [-0.4, -0.2) is 46.8 Å². The van der Waals surface area contributed by atoms with Crippen LogP contribution in [0, 0.1) is 29.6 Å². The van der Waals surface area contributed by atoms with Gasteiger partial charge in [0.25, 0.3) is 5.91 Å². The molecule has 30 heavy (non-hydrogen) atoms. The molecule has 3 amide bonds. The Kier molecular flexibility index (Phi) is 4.90. The average molecular weight is 417 g/mol. The number of hydrogen-bond donors (Lipinski definition) is 1. The first-order valence-corrected chi connectivity index (χ1v) is 11.7. The Morgan fingerprint density at radius 2 is 1.50 bits per heavy atom. The third-order valence-corrected chi connectivity index (χ3v) is 8.32. The average Bonchev–Trinajstić information content (AvgIpc) is 2.91. The summed E-state index contributed by atoms with van der Waals surface area (Å²) < 4.78 is 5.34. The fourth-order valence-electron chi connectivity index (χ4n) is 7.43. The van der Waals surface area contributed by atoms with E-state index >= 15 is 0 Å². The van der Waals surface area contributed by atoms with Crippen molar-refractivity contribution >= 4 is 23.7 Å². The highest BCUT2D eigenvalue weighted by Crippen LogP contribution is 2.55. The number of likely N-dealkylation sites (tertiary alicyclic amines) is 1. The zero-order valence-electron chi connectivity index (χ0n) is 17.7. The van der Waals surface area contributed by atoms with Crippen LogP contribution >= 0.6 is 0 Å². The molecule has 6 aliphatic rings. The number of hydrogen-bond acceptors (Lipinski definition) is 5. The summed E-state index contributed by atoms with van der Waals surface area (Å²) in [6, 6.07) is 0. The Hall–Kier alpha value is -1.92. The maximum atomic E-state index is 12.8. The molecule has 164 valence electrons. The number of amides is 3. The molecular weight excluding hydrogens is 384 g/mol. The highest BCUT2D eigenvalue weighted by atomic mass is 16.5. The molecule has 3 atom stereocenters. The molecule has 1 N–H and O–H groups in total. The predicted octanol–water partition coefficient (Wildman–Crippen LogP) is 2.18. The lowest BCUT2D eigenvalue weighted by atomic mass is 9.53. The molecule has 7 nitrogen and oxygen atoms in total. The van der Waals surface area contributed by atoms with E-state index in [1.165, 1.54) is 19.3 Å². The number of ether oxygens (including phenoxy) is 1. The molecule has 1 aliphatic heterocycles. The fraction of sp³-hybridized carbons (Fsp3) is 0.826. The lowest BCUT2D eigenvalue weighted by Gasteiger charge is -2.57. The summed E-state index contributed by atoms with van der Waals surface area (Å²) in [7, 11) is 0. The lowest BCUT2D eigenvalue weighted by molar-refractivity contribution is -0.160. The molecule has 4 bridgehead atoms. The molecule has 0 spiro atoms. The standard InChI is InChI=1S/C23H32N2O5/c1-13(20(27)24-23-9-14-6-15(10-23)8-16(7-14)11-23)30-19(26)12-25-21(28)17-4-2-3-5-18(17)22(25)29/h13-18H,2-12H2,1H3,(H,24,27)/t13-,14?,15?,16?,17-,18+,23?/m1/s1. The number of carbonyl (C=O) groups excluding carboxylic acids is 4. The second kappa shape index (κ2) is 7.34. The molecular formula is C23H32N2O5. The van der Waals surface area contributed by atoms with Gasteiger partial charge in [0.15, 0.2) is 6.10 Å². The van der Waals surface area contributed by atoms with Gasteiger partial charge >= 0.3 is 5.97 Å². The van der Waals surface area contributed by atoms with E-state index in [-0.39, 0.29) is 41.6 Å². The quantitative estimate of drug-likeness (QED) is 0.548. The Morgan fingerprint density at radius 3 is 2.00 bits per heavy atom. The number of esters is 1. The first-order chi connectivity index (χ1) is 14.3. The summed E-state index contributed by atoms with van der Waals surface area (Å²) in [4.78, 5) is 51.4. The first-order valence-electron chi connectivity index (χ1n) is 11.7. The Morgan fingerprint density at radius 1 is 1.00 bits per heavy atom. The Labute approximate surface area is 177 Å². The molecule has 0 unspecified atom stereocenters. The summed E-state index contributed by atoms with van der Waals surface area (Å²) in [5.74, 6) is 0.105. The highest BCUT2D eigenvalue weighted by Gasteiger charge is 2.52. The summed E-state index contributed by atoms with van der Waals surface area (Å²) in [5, 5.41) is 3.22. The van der Waals surface area contributed by atoms with Crippen LogP contribution in [0.1, 0.15) is 71.1 Å². The van der Waals surface area contributed by atoms with E-state index in [9.17, 15) is 19.2 Å². The van der Waals surface area contributed by atoms with Gasteiger partial charge in [-0.2, -0.15) is 0 Å². The molecule has 6 fully saturated rings. The van der Waals surface area contributed by atoms with Crippen LogP contribution in [-0.2, 0) is 23.9 Å². The number of imide groups is 1. The molecule has 7 heteroatoms. The van der Waals surface area contributed by atoms with Crippen molar-refractivity contribution in [2.45, 2.75) is 82.8 Å². The van der Waals surface area contributed by atoms with Crippen molar-refractivity contribution in [1.29, 1.82) is 0 Å². The van der Waals surface area contributed by atoms with E-state index in [0.29, 0.717) is 30.6 Å². The maximum absolute atomic E-state index is 12.8. The van der Waals surface area contributed by atoms with E-state index in [0.717, 1.165) is 37.0 Å². The number of fused-ring (bicyclic) bond motifs is 1. The van der Waals surface area contributed by atoms with Gasteiger partial charge in [0.05, 0.1) is 11.8 Å². The maximum Gasteiger partial charge on any atom is 0.326 e. The lowest BCUT2D eigenvalue weighted by Crippen LogP contribution is -2.61. The zero-order valence-corrected chi connectivity index (χ0v) is 17.7. The van der Waals surface area contributed by atoms with Crippen molar-refractivity contribution in [3.05, 3.63) is 0 Å². The summed E-state index contributed by atoms with van der Waals surface area (Å²) in [6.45, 7) is 1.18. The molecule has 0 aromatic rings. The van der Waals surface area contributed by atoms with E-state index in [1.54, 1.807) is 6.92 Å². The number of carbonyl (C=O) groups is 4. The third kappa shape index (κ3) is 3.44. The van der Waals surface area contributed by atoms with Crippen LogP contribution in [0.25, 0.3) is 0 Å². The second-order valence-corrected chi connectivity index (χ2v) is 10.6. The van der Waals surface area contributed by atoms with Crippen LogP contribution in [0.2, 0.25) is 0 Å². The largest absolute Gasteiger partial charge is 0.451 e. The van der Waals surface area contributed by atoms with Gasteiger partial charge in [-0.25, -0.2) is 0 Å². The van der Waals surface area contributed by atoms with Gasteiger partial charge in [-0.3, -0.25) is 24.1 Å². The minimum Gasteiger partial charge on any atom is -0.451 e. The van der Waals surface area contributed by atoms with E-state index in [2.05, 4.69) is 5.32 Å². The number of nitrogens with zero attached hydrogens (tertiary/aromatic N) is 1. The minimum atomic E-state index is -0.930. The topological polar surface area (TPSA) is 92.8 Å². The summed E-state index contributed by atoms with van der Waals surface area (Å²) in [5.41, 5.74) is -0.136. The summed E-state index contributed by atoms with van der Waals surface area (Å²) >= 11 is 0. The minimum absolute atomic E-state index is 0.136. The van der Waals surface area contributed by atoms with Crippen LogP contribution < -0.4 is 5.32 Å². The van der Waals surface area contributed by atoms with Crippen LogP contribution in [0.15, 0.2) is 0 Å².